The van der Waals surface area contributed by atoms with E-state index in [9.17, 15) is 0 Å². The predicted molar refractivity (Wildman–Crippen MR) is 80.7 cm³/mol. The van der Waals surface area contributed by atoms with Gasteiger partial charge in [0.15, 0.2) is 0 Å². The van der Waals surface area contributed by atoms with E-state index >= 15 is 0 Å². The lowest BCUT2D eigenvalue weighted by Crippen LogP contribution is -2.06. The summed E-state index contributed by atoms with van der Waals surface area (Å²) in [5, 5.41) is 3.24. The van der Waals surface area contributed by atoms with E-state index in [1.807, 2.05) is 25.1 Å². The van der Waals surface area contributed by atoms with Gasteiger partial charge in [0.1, 0.15) is 5.82 Å². The molecule has 20 heavy (non-hydrogen) atoms. The van der Waals surface area contributed by atoms with Crippen LogP contribution in [0.4, 0.5) is 11.5 Å². The van der Waals surface area contributed by atoms with Crippen molar-refractivity contribution < 1.29 is 4.74 Å². The maximum Gasteiger partial charge on any atom is 0.234 e. The standard InChI is InChI=1S/C15H20N4O/c1-3-7-20-15-10-17-9-14(19-15)18-8-12-5-4-6-13(16)11(12)2/h4-6,9-10H,3,7-8,16H2,1-2H3,(H,18,19). The van der Waals surface area contributed by atoms with Crippen molar-refractivity contribution >= 4 is 11.5 Å². The third-order valence-corrected chi connectivity index (χ3v) is 3.01. The molecule has 0 amide bonds. The number of rotatable bonds is 6. The van der Waals surface area contributed by atoms with Crippen LogP contribution < -0.4 is 15.8 Å². The number of hydrogen-bond donors (Lipinski definition) is 2. The second-order valence-electron chi connectivity index (χ2n) is 4.58. The van der Waals surface area contributed by atoms with Gasteiger partial charge in [0.2, 0.25) is 5.88 Å². The van der Waals surface area contributed by atoms with Crippen LogP contribution in [0.3, 0.4) is 0 Å². The van der Waals surface area contributed by atoms with Crippen molar-refractivity contribution in [2.24, 2.45) is 0 Å². The van der Waals surface area contributed by atoms with Crippen LogP contribution in [0.5, 0.6) is 5.88 Å². The fourth-order valence-electron chi connectivity index (χ4n) is 1.79. The van der Waals surface area contributed by atoms with E-state index in [4.69, 9.17) is 10.5 Å². The van der Waals surface area contributed by atoms with Gasteiger partial charge in [-0.3, -0.25) is 4.98 Å². The molecule has 5 heteroatoms. The van der Waals surface area contributed by atoms with Crippen LogP contribution >= 0.6 is 0 Å². The number of nitrogens with two attached hydrogens (primary N) is 1. The van der Waals surface area contributed by atoms with Gasteiger partial charge in [-0.25, -0.2) is 0 Å². The molecule has 0 unspecified atom stereocenters. The molecule has 1 heterocycles. The van der Waals surface area contributed by atoms with Crippen LogP contribution in [0.25, 0.3) is 0 Å². The summed E-state index contributed by atoms with van der Waals surface area (Å²) in [6.45, 7) is 5.37. The highest BCUT2D eigenvalue weighted by molar-refractivity contribution is 5.51. The molecule has 2 aromatic rings. The Kier molecular flexibility index (Phi) is 4.76. The van der Waals surface area contributed by atoms with Gasteiger partial charge in [-0.15, -0.1) is 0 Å². The van der Waals surface area contributed by atoms with Crippen LogP contribution in [0.1, 0.15) is 24.5 Å². The first kappa shape index (κ1) is 14.1. The highest BCUT2D eigenvalue weighted by Gasteiger charge is 2.03. The van der Waals surface area contributed by atoms with E-state index in [2.05, 4.69) is 22.2 Å². The Labute approximate surface area is 119 Å². The summed E-state index contributed by atoms with van der Waals surface area (Å²) in [7, 11) is 0. The first-order valence-corrected chi connectivity index (χ1v) is 6.73. The van der Waals surface area contributed by atoms with E-state index in [0.29, 0.717) is 24.8 Å². The number of nitrogen functional groups attached to an aromatic ring is 1. The van der Waals surface area contributed by atoms with Crippen molar-refractivity contribution in [3.63, 3.8) is 0 Å². The molecule has 3 N–H and O–H groups in total. The van der Waals surface area contributed by atoms with Gasteiger partial charge in [0.25, 0.3) is 0 Å². The molecule has 1 aromatic heterocycles. The largest absolute Gasteiger partial charge is 0.477 e. The van der Waals surface area contributed by atoms with Gasteiger partial charge in [-0.2, -0.15) is 4.98 Å². The SMILES string of the molecule is CCCOc1cncc(NCc2cccc(N)c2C)n1. The monoisotopic (exact) mass is 272 g/mol. The first-order chi connectivity index (χ1) is 9.70. The number of nitrogens with zero attached hydrogens (tertiary/aromatic N) is 2. The summed E-state index contributed by atoms with van der Waals surface area (Å²) < 4.78 is 5.46. The third-order valence-electron chi connectivity index (χ3n) is 3.01. The zero-order chi connectivity index (χ0) is 14.4. The van der Waals surface area contributed by atoms with Gasteiger partial charge in [0, 0.05) is 12.2 Å². The van der Waals surface area contributed by atoms with Crippen molar-refractivity contribution in [2.75, 3.05) is 17.7 Å². The molecule has 0 radical (unpaired) electrons. The van der Waals surface area contributed by atoms with E-state index in [0.717, 1.165) is 23.2 Å². The van der Waals surface area contributed by atoms with Crippen LogP contribution in [0, 0.1) is 6.92 Å². The molecular formula is C15H20N4O. The minimum absolute atomic E-state index is 0.543. The van der Waals surface area contributed by atoms with Crippen LogP contribution in [0.2, 0.25) is 0 Å². The van der Waals surface area contributed by atoms with Crippen molar-refractivity contribution in [2.45, 2.75) is 26.8 Å². The summed E-state index contributed by atoms with van der Waals surface area (Å²) in [5.74, 6) is 1.24. The number of hydrogen-bond acceptors (Lipinski definition) is 5. The Bertz CT molecular complexity index is 572. The molecule has 0 spiro atoms. The van der Waals surface area contributed by atoms with Crippen LogP contribution in [-0.2, 0) is 6.54 Å². The minimum Gasteiger partial charge on any atom is -0.477 e. The highest BCUT2D eigenvalue weighted by atomic mass is 16.5. The summed E-state index contributed by atoms with van der Waals surface area (Å²) in [6.07, 6.45) is 4.24. The lowest BCUT2D eigenvalue weighted by molar-refractivity contribution is 0.304. The molecule has 0 saturated heterocycles. The molecule has 2 rings (SSSR count). The summed E-state index contributed by atoms with van der Waals surface area (Å²) in [4.78, 5) is 8.47. The third kappa shape index (κ3) is 3.60. The van der Waals surface area contributed by atoms with Crippen molar-refractivity contribution in [1.29, 1.82) is 0 Å². The maximum absolute atomic E-state index is 5.89. The van der Waals surface area contributed by atoms with Gasteiger partial charge >= 0.3 is 0 Å². The van der Waals surface area contributed by atoms with E-state index in [-0.39, 0.29) is 0 Å². The molecule has 0 bridgehead atoms. The summed E-state index contributed by atoms with van der Waals surface area (Å²) >= 11 is 0. The van der Waals surface area contributed by atoms with Crippen LogP contribution in [-0.4, -0.2) is 16.6 Å². The second-order valence-corrected chi connectivity index (χ2v) is 4.58. The van der Waals surface area contributed by atoms with Gasteiger partial charge < -0.3 is 15.8 Å². The maximum atomic E-state index is 5.89. The topological polar surface area (TPSA) is 73.1 Å². The highest BCUT2D eigenvalue weighted by Crippen LogP contribution is 2.17. The van der Waals surface area contributed by atoms with Crippen LogP contribution in [0.15, 0.2) is 30.6 Å². The van der Waals surface area contributed by atoms with Gasteiger partial charge in [-0.1, -0.05) is 19.1 Å². The molecule has 0 aliphatic rings. The van der Waals surface area contributed by atoms with Crippen molar-refractivity contribution in [3.8, 4) is 5.88 Å². The fourth-order valence-corrected chi connectivity index (χ4v) is 1.79. The molecule has 0 saturated carbocycles. The molecule has 1 aromatic carbocycles. The van der Waals surface area contributed by atoms with Gasteiger partial charge in [-0.05, 0) is 30.5 Å². The number of anilines is 2. The number of aromatic nitrogens is 2. The zero-order valence-corrected chi connectivity index (χ0v) is 11.9. The summed E-state index contributed by atoms with van der Waals surface area (Å²) in [6, 6.07) is 5.90. The first-order valence-electron chi connectivity index (χ1n) is 6.73. The molecule has 5 nitrogen and oxygen atoms in total. The van der Waals surface area contributed by atoms with E-state index in [1.165, 1.54) is 0 Å². The number of ether oxygens (including phenoxy) is 1. The fraction of sp³-hybridized carbons (Fsp3) is 0.333. The number of benzene rings is 1. The molecule has 0 atom stereocenters. The van der Waals surface area contributed by atoms with Crippen molar-refractivity contribution in [1.82, 2.24) is 9.97 Å². The lowest BCUT2D eigenvalue weighted by Gasteiger charge is -2.10. The number of nitrogens with one attached hydrogen (secondary N) is 1. The average Bonchev–Trinajstić information content (AvgIpc) is 2.47. The smallest absolute Gasteiger partial charge is 0.234 e. The Balaban J connectivity index is 2.01. The predicted octanol–water partition coefficient (Wildman–Crippen LogP) is 2.77. The quantitative estimate of drug-likeness (QED) is 0.791. The normalized spacial score (nSPS) is 10.3. The van der Waals surface area contributed by atoms with Crippen molar-refractivity contribution in [3.05, 3.63) is 41.7 Å². The molecule has 0 aliphatic carbocycles. The van der Waals surface area contributed by atoms with Gasteiger partial charge in [0.05, 0.1) is 19.0 Å². The Morgan fingerprint density at radius 2 is 2.15 bits per heavy atom. The molecule has 106 valence electrons. The second kappa shape index (κ2) is 6.75. The Morgan fingerprint density at radius 3 is 2.95 bits per heavy atom. The average molecular weight is 272 g/mol. The molecule has 0 aliphatic heterocycles. The summed E-state index contributed by atoms with van der Waals surface area (Å²) in [5.41, 5.74) is 8.93. The van der Waals surface area contributed by atoms with E-state index < -0.39 is 0 Å². The van der Waals surface area contributed by atoms with E-state index in [1.54, 1.807) is 12.4 Å². The lowest BCUT2D eigenvalue weighted by atomic mass is 10.1. The Hall–Kier alpha value is -2.30. The Morgan fingerprint density at radius 1 is 1.30 bits per heavy atom. The molecule has 0 fully saturated rings. The zero-order valence-electron chi connectivity index (χ0n) is 11.9. The minimum atomic E-state index is 0.543. The molecular weight excluding hydrogens is 252 g/mol.